The standard InChI is InChI=1S/C9H17N/c1-4-7-8-9(5-2)10-6-3/h4-5,7,9-10H,2,6,8H2,1,3H3/b7-4+. The molecule has 0 aliphatic rings. The van der Waals surface area contributed by atoms with Crippen molar-refractivity contribution in [3.63, 3.8) is 0 Å². The van der Waals surface area contributed by atoms with Gasteiger partial charge < -0.3 is 5.32 Å². The highest BCUT2D eigenvalue weighted by Gasteiger charge is 1.95. The van der Waals surface area contributed by atoms with E-state index in [4.69, 9.17) is 0 Å². The maximum Gasteiger partial charge on any atom is 0.0281 e. The van der Waals surface area contributed by atoms with Crippen molar-refractivity contribution in [1.82, 2.24) is 5.32 Å². The quantitative estimate of drug-likeness (QED) is 0.575. The van der Waals surface area contributed by atoms with E-state index in [1.807, 2.05) is 13.0 Å². The maximum absolute atomic E-state index is 3.74. The predicted octanol–water partition coefficient (Wildman–Crippen LogP) is 2.12. The van der Waals surface area contributed by atoms with E-state index in [1.54, 1.807) is 0 Å². The predicted molar refractivity (Wildman–Crippen MR) is 47.1 cm³/mol. The van der Waals surface area contributed by atoms with Gasteiger partial charge in [0.15, 0.2) is 0 Å². The lowest BCUT2D eigenvalue weighted by Crippen LogP contribution is -2.25. The van der Waals surface area contributed by atoms with Crippen LogP contribution in [0.3, 0.4) is 0 Å². The number of hydrogen-bond donors (Lipinski definition) is 1. The molecule has 0 aliphatic heterocycles. The fourth-order valence-electron chi connectivity index (χ4n) is 0.808. The Balaban J connectivity index is 3.49. The molecule has 0 amide bonds. The number of hydrogen-bond acceptors (Lipinski definition) is 1. The van der Waals surface area contributed by atoms with Gasteiger partial charge >= 0.3 is 0 Å². The minimum absolute atomic E-state index is 0.446. The zero-order valence-electron chi connectivity index (χ0n) is 6.93. The molecule has 0 saturated carbocycles. The van der Waals surface area contributed by atoms with E-state index >= 15 is 0 Å². The van der Waals surface area contributed by atoms with Crippen molar-refractivity contribution in [3.8, 4) is 0 Å². The third-order valence-corrected chi connectivity index (χ3v) is 1.38. The zero-order chi connectivity index (χ0) is 7.82. The monoisotopic (exact) mass is 139 g/mol. The summed E-state index contributed by atoms with van der Waals surface area (Å²) in [6, 6.07) is 0.446. The molecule has 0 rings (SSSR count). The number of nitrogens with one attached hydrogen (secondary N) is 1. The number of likely N-dealkylation sites (N-methyl/N-ethyl adjacent to an activating group) is 1. The van der Waals surface area contributed by atoms with E-state index < -0.39 is 0 Å². The molecule has 0 aromatic heterocycles. The average molecular weight is 139 g/mol. The molecular weight excluding hydrogens is 122 g/mol. The van der Waals surface area contributed by atoms with Crippen LogP contribution in [-0.4, -0.2) is 12.6 Å². The van der Waals surface area contributed by atoms with Gasteiger partial charge in [-0.25, -0.2) is 0 Å². The van der Waals surface area contributed by atoms with Gasteiger partial charge in [0.1, 0.15) is 0 Å². The molecule has 1 nitrogen and oxygen atoms in total. The first kappa shape index (κ1) is 9.44. The summed E-state index contributed by atoms with van der Waals surface area (Å²) in [5.74, 6) is 0. The maximum atomic E-state index is 3.74. The summed E-state index contributed by atoms with van der Waals surface area (Å²) in [6.45, 7) is 8.88. The molecular formula is C9H17N. The Bertz CT molecular complexity index is 105. The average Bonchev–Trinajstić information content (AvgIpc) is 1.98. The molecule has 0 bridgehead atoms. The van der Waals surface area contributed by atoms with Crippen molar-refractivity contribution >= 4 is 0 Å². The van der Waals surface area contributed by atoms with Gasteiger partial charge in [0.05, 0.1) is 0 Å². The molecule has 1 unspecified atom stereocenters. The first-order chi connectivity index (χ1) is 4.85. The van der Waals surface area contributed by atoms with E-state index in [2.05, 4.69) is 31.0 Å². The van der Waals surface area contributed by atoms with Crippen LogP contribution in [0.15, 0.2) is 24.8 Å². The Kier molecular flexibility index (Phi) is 6.19. The fourth-order valence-corrected chi connectivity index (χ4v) is 0.808. The van der Waals surface area contributed by atoms with E-state index in [1.165, 1.54) is 0 Å². The highest BCUT2D eigenvalue weighted by Crippen LogP contribution is 1.93. The van der Waals surface area contributed by atoms with E-state index in [0.717, 1.165) is 13.0 Å². The molecule has 0 saturated heterocycles. The minimum Gasteiger partial charge on any atom is -0.310 e. The van der Waals surface area contributed by atoms with Gasteiger partial charge in [-0.1, -0.05) is 25.2 Å². The van der Waals surface area contributed by atoms with Crippen LogP contribution in [0, 0.1) is 0 Å². The Labute approximate surface area is 63.8 Å². The van der Waals surface area contributed by atoms with Gasteiger partial charge in [0.2, 0.25) is 0 Å². The molecule has 1 atom stereocenters. The van der Waals surface area contributed by atoms with Crippen molar-refractivity contribution in [2.24, 2.45) is 0 Å². The first-order valence-corrected chi connectivity index (χ1v) is 3.82. The minimum atomic E-state index is 0.446. The SMILES string of the molecule is C=CC(C/C=C/C)NCC. The molecule has 0 radical (unpaired) electrons. The summed E-state index contributed by atoms with van der Waals surface area (Å²) in [5.41, 5.74) is 0. The second-order valence-electron chi connectivity index (χ2n) is 2.20. The van der Waals surface area contributed by atoms with Crippen molar-refractivity contribution in [1.29, 1.82) is 0 Å². The molecule has 0 heterocycles. The molecule has 0 aromatic rings. The van der Waals surface area contributed by atoms with Crippen LogP contribution in [0.1, 0.15) is 20.3 Å². The lowest BCUT2D eigenvalue weighted by atomic mass is 10.2. The molecule has 0 fully saturated rings. The Morgan fingerprint density at radius 1 is 1.60 bits per heavy atom. The third-order valence-electron chi connectivity index (χ3n) is 1.38. The van der Waals surface area contributed by atoms with Crippen molar-refractivity contribution in [2.45, 2.75) is 26.3 Å². The van der Waals surface area contributed by atoms with Gasteiger partial charge in [-0.3, -0.25) is 0 Å². The second kappa shape index (κ2) is 6.56. The number of allylic oxidation sites excluding steroid dienone is 1. The van der Waals surface area contributed by atoms with Crippen LogP contribution in [0.5, 0.6) is 0 Å². The fraction of sp³-hybridized carbons (Fsp3) is 0.556. The molecule has 1 heteroatoms. The van der Waals surface area contributed by atoms with Crippen LogP contribution in [0.2, 0.25) is 0 Å². The van der Waals surface area contributed by atoms with Crippen molar-refractivity contribution < 1.29 is 0 Å². The van der Waals surface area contributed by atoms with Crippen LogP contribution >= 0.6 is 0 Å². The van der Waals surface area contributed by atoms with Gasteiger partial charge in [0.25, 0.3) is 0 Å². The molecule has 58 valence electrons. The van der Waals surface area contributed by atoms with Gasteiger partial charge in [0, 0.05) is 6.04 Å². The molecule has 0 aromatic carbocycles. The van der Waals surface area contributed by atoms with Crippen LogP contribution in [0.25, 0.3) is 0 Å². The highest BCUT2D eigenvalue weighted by molar-refractivity contribution is 4.92. The van der Waals surface area contributed by atoms with Gasteiger partial charge in [-0.2, -0.15) is 0 Å². The Morgan fingerprint density at radius 3 is 2.70 bits per heavy atom. The van der Waals surface area contributed by atoms with Crippen molar-refractivity contribution in [2.75, 3.05) is 6.54 Å². The molecule has 1 N–H and O–H groups in total. The summed E-state index contributed by atoms with van der Waals surface area (Å²) in [7, 11) is 0. The number of rotatable bonds is 5. The normalized spacial score (nSPS) is 13.8. The lowest BCUT2D eigenvalue weighted by molar-refractivity contribution is 0.622. The summed E-state index contributed by atoms with van der Waals surface area (Å²) >= 11 is 0. The summed E-state index contributed by atoms with van der Waals surface area (Å²) < 4.78 is 0. The summed E-state index contributed by atoms with van der Waals surface area (Å²) in [4.78, 5) is 0. The van der Waals surface area contributed by atoms with Gasteiger partial charge in [-0.15, -0.1) is 6.58 Å². The first-order valence-electron chi connectivity index (χ1n) is 3.82. The van der Waals surface area contributed by atoms with Gasteiger partial charge in [-0.05, 0) is 19.9 Å². The topological polar surface area (TPSA) is 12.0 Å². The molecule has 0 aliphatic carbocycles. The van der Waals surface area contributed by atoms with Crippen molar-refractivity contribution in [3.05, 3.63) is 24.8 Å². The van der Waals surface area contributed by atoms with Crippen LogP contribution in [0.4, 0.5) is 0 Å². The smallest absolute Gasteiger partial charge is 0.0281 e. The molecule has 0 spiro atoms. The third kappa shape index (κ3) is 4.33. The molecule has 10 heavy (non-hydrogen) atoms. The summed E-state index contributed by atoms with van der Waals surface area (Å²) in [6.07, 6.45) is 7.21. The summed E-state index contributed by atoms with van der Waals surface area (Å²) in [5, 5.41) is 3.30. The Morgan fingerprint density at radius 2 is 2.30 bits per heavy atom. The zero-order valence-corrected chi connectivity index (χ0v) is 6.93. The van der Waals surface area contributed by atoms with E-state index in [0.29, 0.717) is 6.04 Å². The lowest BCUT2D eigenvalue weighted by Gasteiger charge is -2.09. The van der Waals surface area contributed by atoms with Crippen LogP contribution in [-0.2, 0) is 0 Å². The highest BCUT2D eigenvalue weighted by atomic mass is 14.9. The second-order valence-corrected chi connectivity index (χ2v) is 2.20. The Hall–Kier alpha value is -0.560. The van der Waals surface area contributed by atoms with E-state index in [-0.39, 0.29) is 0 Å². The largest absolute Gasteiger partial charge is 0.310 e. The van der Waals surface area contributed by atoms with Crippen LogP contribution < -0.4 is 5.32 Å². The van der Waals surface area contributed by atoms with E-state index in [9.17, 15) is 0 Å².